The van der Waals surface area contributed by atoms with Gasteiger partial charge in [0.1, 0.15) is 17.3 Å². The molecule has 0 aliphatic rings. The van der Waals surface area contributed by atoms with Gasteiger partial charge in [-0.1, -0.05) is 46.9 Å². The molecule has 0 bridgehead atoms. The molecule has 0 radical (unpaired) electrons. The van der Waals surface area contributed by atoms with Gasteiger partial charge in [-0.05, 0) is 54.6 Å². The van der Waals surface area contributed by atoms with Crippen LogP contribution < -0.4 is 10.9 Å². The van der Waals surface area contributed by atoms with Gasteiger partial charge in [-0.2, -0.15) is 0 Å². The first-order valence-corrected chi connectivity index (χ1v) is 10.2. The fourth-order valence-corrected chi connectivity index (χ4v) is 3.58. The van der Waals surface area contributed by atoms with E-state index in [4.69, 9.17) is 34.8 Å². The number of nitrogens with zero attached hydrogens (tertiary/aromatic N) is 2. The highest BCUT2D eigenvalue weighted by molar-refractivity contribution is 6.36. The number of carbonyl (C=O) groups is 1. The highest BCUT2D eigenvalue weighted by Gasteiger charge is 2.19. The molecule has 0 spiro atoms. The van der Waals surface area contributed by atoms with Crippen molar-refractivity contribution in [3.05, 3.63) is 99.5 Å². The molecule has 9 heteroatoms. The number of benzene rings is 3. The lowest BCUT2D eigenvalue weighted by Crippen LogP contribution is -2.29. The van der Waals surface area contributed by atoms with Gasteiger partial charge in [-0.15, -0.1) is 0 Å². The van der Waals surface area contributed by atoms with Crippen LogP contribution in [0.3, 0.4) is 0 Å². The third kappa shape index (κ3) is 4.66. The summed E-state index contributed by atoms with van der Waals surface area (Å²) in [6.07, 6.45) is 1.54. The number of amides is 1. The Morgan fingerprint density at radius 1 is 0.935 bits per heavy atom. The van der Waals surface area contributed by atoms with E-state index in [0.717, 1.165) is 0 Å². The predicted octanol–water partition coefficient (Wildman–Crippen LogP) is 6.40. The summed E-state index contributed by atoms with van der Waals surface area (Å²) in [6, 6.07) is 17.7. The molecule has 3 aromatic carbocycles. The van der Waals surface area contributed by atoms with E-state index < -0.39 is 5.91 Å². The van der Waals surface area contributed by atoms with Gasteiger partial charge in [0.2, 0.25) is 0 Å². The van der Waals surface area contributed by atoms with E-state index >= 15 is 0 Å². The van der Waals surface area contributed by atoms with Crippen molar-refractivity contribution in [2.45, 2.75) is 0 Å². The molecule has 1 aromatic heterocycles. The van der Waals surface area contributed by atoms with Crippen molar-refractivity contribution < 1.29 is 9.18 Å². The number of para-hydroxylation sites is 1. The second kappa shape index (κ2) is 8.98. The minimum atomic E-state index is -0.493. The first-order chi connectivity index (χ1) is 14.9. The summed E-state index contributed by atoms with van der Waals surface area (Å²) < 4.78 is 15.1. The van der Waals surface area contributed by atoms with Crippen molar-refractivity contribution in [2.24, 2.45) is 0 Å². The standard InChI is InChI=1S/C22H14Cl3FN4O/c23-13-5-10-16(18(25)11-13)21-27-20(12-30(21)15-8-6-14(26)7-9-15)22(31)29-28-19-4-2-1-3-17(19)24/h1-12,28H,(H,29,31). The zero-order valence-electron chi connectivity index (χ0n) is 15.7. The average molecular weight is 476 g/mol. The molecule has 1 amide bonds. The summed E-state index contributed by atoms with van der Waals surface area (Å²) in [5, 5.41) is 1.28. The van der Waals surface area contributed by atoms with Crippen LogP contribution in [0.4, 0.5) is 10.1 Å². The summed E-state index contributed by atoms with van der Waals surface area (Å²) in [7, 11) is 0. The summed E-state index contributed by atoms with van der Waals surface area (Å²) in [6.45, 7) is 0. The van der Waals surface area contributed by atoms with Crippen LogP contribution >= 0.6 is 34.8 Å². The van der Waals surface area contributed by atoms with Gasteiger partial charge < -0.3 is 0 Å². The number of nitrogens with one attached hydrogen (secondary N) is 2. The molecule has 0 saturated heterocycles. The Labute approximate surface area is 192 Å². The van der Waals surface area contributed by atoms with Crippen molar-refractivity contribution >= 4 is 46.4 Å². The van der Waals surface area contributed by atoms with Gasteiger partial charge >= 0.3 is 0 Å². The van der Waals surface area contributed by atoms with Crippen LogP contribution in [-0.4, -0.2) is 15.5 Å². The Morgan fingerprint density at radius 2 is 1.68 bits per heavy atom. The first-order valence-electron chi connectivity index (χ1n) is 9.04. The zero-order valence-corrected chi connectivity index (χ0v) is 18.0. The van der Waals surface area contributed by atoms with Crippen molar-refractivity contribution in [2.75, 3.05) is 5.43 Å². The van der Waals surface area contributed by atoms with Gasteiger partial charge in [-0.3, -0.25) is 20.2 Å². The monoisotopic (exact) mass is 474 g/mol. The summed E-state index contributed by atoms with van der Waals surface area (Å²) in [5.74, 6) is -0.472. The molecule has 0 unspecified atom stereocenters. The van der Waals surface area contributed by atoms with Gasteiger partial charge in [0, 0.05) is 22.5 Å². The first kappa shape index (κ1) is 21.2. The van der Waals surface area contributed by atoms with Gasteiger partial charge in [-0.25, -0.2) is 9.37 Å². The van der Waals surface area contributed by atoms with Gasteiger partial charge in [0.25, 0.3) is 5.91 Å². The largest absolute Gasteiger partial charge is 0.299 e. The average Bonchev–Trinajstić information content (AvgIpc) is 3.19. The zero-order chi connectivity index (χ0) is 22.0. The number of halogens is 4. The molecule has 0 fully saturated rings. The van der Waals surface area contributed by atoms with Crippen LogP contribution in [0.5, 0.6) is 0 Å². The molecular formula is C22H14Cl3FN4O. The minimum absolute atomic E-state index is 0.116. The molecule has 4 aromatic rings. The third-order valence-corrected chi connectivity index (χ3v) is 5.28. The number of hydrazine groups is 1. The van der Waals surface area contributed by atoms with Crippen LogP contribution in [-0.2, 0) is 0 Å². The number of hydrogen-bond donors (Lipinski definition) is 2. The normalized spacial score (nSPS) is 10.7. The Balaban J connectivity index is 1.71. The number of rotatable bonds is 5. The maximum Gasteiger partial charge on any atom is 0.289 e. The number of imidazole rings is 1. The van der Waals surface area contributed by atoms with Crippen LogP contribution in [0.15, 0.2) is 72.9 Å². The number of carbonyl (C=O) groups excluding carboxylic acids is 1. The fourth-order valence-electron chi connectivity index (χ4n) is 2.90. The number of anilines is 1. The van der Waals surface area contributed by atoms with E-state index in [2.05, 4.69) is 15.8 Å². The minimum Gasteiger partial charge on any atom is -0.299 e. The highest BCUT2D eigenvalue weighted by atomic mass is 35.5. The quantitative estimate of drug-likeness (QED) is 0.329. The lowest BCUT2D eigenvalue weighted by atomic mass is 10.2. The summed E-state index contributed by atoms with van der Waals surface area (Å²) in [5.41, 5.74) is 7.16. The predicted molar refractivity (Wildman–Crippen MR) is 122 cm³/mol. The van der Waals surface area contributed by atoms with Gasteiger partial charge in [0.05, 0.1) is 15.7 Å². The molecule has 5 nitrogen and oxygen atoms in total. The third-order valence-electron chi connectivity index (χ3n) is 4.40. The lowest BCUT2D eigenvalue weighted by Gasteiger charge is -2.09. The maximum atomic E-state index is 13.4. The number of hydrogen-bond acceptors (Lipinski definition) is 3. The Kier molecular flexibility index (Phi) is 6.13. The van der Waals surface area contributed by atoms with Crippen LogP contribution in [0.25, 0.3) is 17.1 Å². The van der Waals surface area contributed by atoms with Crippen molar-refractivity contribution in [1.82, 2.24) is 15.0 Å². The molecule has 156 valence electrons. The molecule has 0 aliphatic heterocycles. The molecule has 0 aliphatic carbocycles. The summed E-state index contributed by atoms with van der Waals surface area (Å²) >= 11 is 18.5. The molecule has 0 saturated carbocycles. The fraction of sp³-hybridized carbons (Fsp3) is 0. The Morgan fingerprint density at radius 3 is 2.39 bits per heavy atom. The highest BCUT2D eigenvalue weighted by Crippen LogP contribution is 2.31. The van der Waals surface area contributed by atoms with E-state index in [0.29, 0.717) is 37.8 Å². The molecule has 4 rings (SSSR count). The van der Waals surface area contributed by atoms with Crippen LogP contribution in [0, 0.1) is 5.82 Å². The summed E-state index contributed by atoms with van der Waals surface area (Å²) in [4.78, 5) is 17.2. The van der Waals surface area contributed by atoms with Crippen molar-refractivity contribution in [3.63, 3.8) is 0 Å². The van der Waals surface area contributed by atoms with Crippen molar-refractivity contribution in [3.8, 4) is 17.1 Å². The molecule has 0 atom stereocenters. The van der Waals surface area contributed by atoms with Gasteiger partial charge in [0.15, 0.2) is 0 Å². The van der Waals surface area contributed by atoms with Crippen LogP contribution in [0.1, 0.15) is 10.5 Å². The molecule has 31 heavy (non-hydrogen) atoms. The second-order valence-electron chi connectivity index (χ2n) is 6.48. The maximum absolute atomic E-state index is 13.4. The van der Waals surface area contributed by atoms with Crippen LogP contribution in [0.2, 0.25) is 15.1 Å². The topological polar surface area (TPSA) is 59.0 Å². The Hall–Kier alpha value is -3.06. The van der Waals surface area contributed by atoms with E-state index in [1.54, 1.807) is 59.2 Å². The number of aromatic nitrogens is 2. The van der Waals surface area contributed by atoms with E-state index in [1.807, 2.05) is 0 Å². The van der Waals surface area contributed by atoms with Crippen molar-refractivity contribution in [1.29, 1.82) is 0 Å². The van der Waals surface area contributed by atoms with E-state index in [-0.39, 0.29) is 11.5 Å². The second-order valence-corrected chi connectivity index (χ2v) is 7.73. The molecular weight excluding hydrogens is 462 g/mol. The lowest BCUT2D eigenvalue weighted by molar-refractivity contribution is 0.0958. The smallest absolute Gasteiger partial charge is 0.289 e. The molecule has 2 N–H and O–H groups in total. The van der Waals surface area contributed by atoms with E-state index in [1.165, 1.54) is 18.3 Å². The molecule has 1 heterocycles. The van der Waals surface area contributed by atoms with E-state index in [9.17, 15) is 9.18 Å². The Bertz CT molecular complexity index is 1260. The SMILES string of the molecule is O=C(NNc1ccccc1Cl)c1cn(-c2ccc(F)cc2)c(-c2ccc(Cl)cc2Cl)n1.